The van der Waals surface area contributed by atoms with Crippen LogP contribution in [0.5, 0.6) is 0 Å². The highest BCUT2D eigenvalue weighted by Gasteiger charge is 2.32. The Hall–Kier alpha value is 0.540. The van der Waals surface area contributed by atoms with Crippen LogP contribution in [0.4, 0.5) is 0 Å². The van der Waals surface area contributed by atoms with Gasteiger partial charge in [-0.1, -0.05) is 0 Å². The maximum atomic E-state index is 9.68. The van der Waals surface area contributed by atoms with Gasteiger partial charge in [-0.05, 0) is 17.9 Å². The van der Waals surface area contributed by atoms with Crippen LogP contribution in [0.1, 0.15) is 6.42 Å². The van der Waals surface area contributed by atoms with Crippen molar-refractivity contribution in [2.45, 2.75) is 29.3 Å². The molecule has 1 aliphatic rings. The summed E-state index contributed by atoms with van der Waals surface area (Å²) in [5, 5.41) is 36.9. The van der Waals surface area contributed by atoms with Crippen molar-refractivity contribution in [1.29, 1.82) is 0 Å². The van der Waals surface area contributed by atoms with E-state index in [1.165, 1.54) is 0 Å². The summed E-state index contributed by atoms with van der Waals surface area (Å²) in [4.78, 5) is 0. The minimum atomic E-state index is -1.26. The van der Waals surface area contributed by atoms with Gasteiger partial charge < -0.3 is 20.4 Å². The number of hydrogen-bond donors (Lipinski definition) is 4. The molecule has 4 nitrogen and oxygen atoms in total. The van der Waals surface area contributed by atoms with Crippen molar-refractivity contribution in [3.63, 3.8) is 0 Å². The molecule has 1 fully saturated rings. The lowest BCUT2D eigenvalue weighted by molar-refractivity contribution is -0.0706. The molecule has 0 aromatic heterocycles. The molecule has 84 valence electrons. The molecular formula is C8H16O4S2. The summed E-state index contributed by atoms with van der Waals surface area (Å²) in [6, 6.07) is 0. The molecule has 0 unspecified atom stereocenters. The average molecular weight is 240 g/mol. The van der Waals surface area contributed by atoms with Crippen molar-refractivity contribution in [1.82, 2.24) is 0 Å². The molecule has 6 heteroatoms. The Kier molecular flexibility index (Phi) is 5.58. The molecule has 1 rings (SSSR count). The highest BCUT2D eigenvalue weighted by Crippen LogP contribution is 2.34. The molecule has 0 spiro atoms. The third kappa shape index (κ3) is 3.29. The first-order valence-electron chi connectivity index (χ1n) is 4.55. The maximum absolute atomic E-state index is 9.68. The van der Waals surface area contributed by atoms with E-state index in [0.717, 1.165) is 17.9 Å². The van der Waals surface area contributed by atoms with E-state index in [-0.39, 0.29) is 4.58 Å². The van der Waals surface area contributed by atoms with E-state index in [1.54, 1.807) is 23.5 Å². The lowest BCUT2D eigenvalue weighted by Crippen LogP contribution is -2.44. The van der Waals surface area contributed by atoms with Gasteiger partial charge in [0.15, 0.2) is 0 Å². The Balaban J connectivity index is 2.41. The molecule has 4 N–H and O–H groups in total. The normalized spacial score (nSPS) is 25.7. The van der Waals surface area contributed by atoms with Gasteiger partial charge in [0.25, 0.3) is 0 Å². The maximum Gasteiger partial charge on any atom is 0.110 e. The van der Waals surface area contributed by atoms with Crippen LogP contribution in [0, 0.1) is 0 Å². The molecule has 0 saturated carbocycles. The van der Waals surface area contributed by atoms with E-state index in [9.17, 15) is 10.2 Å². The minimum Gasteiger partial charge on any atom is -0.394 e. The van der Waals surface area contributed by atoms with Crippen LogP contribution in [0.25, 0.3) is 0 Å². The number of aliphatic hydroxyl groups excluding tert-OH is 4. The molecular weight excluding hydrogens is 224 g/mol. The number of thioether (sulfide) groups is 2. The fraction of sp³-hybridized carbons (Fsp3) is 1.00. The van der Waals surface area contributed by atoms with Gasteiger partial charge in [-0.25, -0.2) is 0 Å². The van der Waals surface area contributed by atoms with E-state index < -0.39 is 24.9 Å². The molecule has 0 aromatic rings. The second kappa shape index (κ2) is 6.19. The first-order valence-corrected chi connectivity index (χ1v) is 6.65. The van der Waals surface area contributed by atoms with Crippen LogP contribution in [0.2, 0.25) is 0 Å². The first kappa shape index (κ1) is 12.6. The summed E-state index contributed by atoms with van der Waals surface area (Å²) >= 11 is 3.18. The smallest absolute Gasteiger partial charge is 0.110 e. The monoisotopic (exact) mass is 240 g/mol. The minimum absolute atomic E-state index is 0.0973. The molecule has 1 saturated heterocycles. The van der Waals surface area contributed by atoms with Crippen LogP contribution < -0.4 is 0 Å². The summed E-state index contributed by atoms with van der Waals surface area (Å²) in [6.45, 7) is -0.527. The van der Waals surface area contributed by atoms with Gasteiger partial charge in [-0.3, -0.25) is 0 Å². The second-order valence-corrected chi connectivity index (χ2v) is 5.99. The topological polar surface area (TPSA) is 80.9 Å². The summed E-state index contributed by atoms with van der Waals surface area (Å²) < 4.78 is -0.0973. The van der Waals surface area contributed by atoms with Gasteiger partial charge in [0, 0.05) is 0 Å². The Morgan fingerprint density at radius 2 is 1.71 bits per heavy atom. The summed E-state index contributed by atoms with van der Waals surface area (Å²) in [6.07, 6.45) is -2.39. The molecule has 14 heavy (non-hydrogen) atoms. The molecule has 0 amide bonds. The SMILES string of the molecule is OC[C@@H](O)[C@H](O)[C@H](O)C1SCCCS1. The van der Waals surface area contributed by atoms with Crippen LogP contribution in [0.15, 0.2) is 0 Å². The molecule has 3 atom stereocenters. The van der Waals surface area contributed by atoms with Crippen molar-refractivity contribution < 1.29 is 20.4 Å². The third-order valence-electron chi connectivity index (χ3n) is 2.06. The van der Waals surface area contributed by atoms with E-state index in [2.05, 4.69) is 0 Å². The van der Waals surface area contributed by atoms with Gasteiger partial charge in [0.1, 0.15) is 18.3 Å². The zero-order valence-electron chi connectivity index (χ0n) is 7.74. The van der Waals surface area contributed by atoms with Crippen LogP contribution in [-0.2, 0) is 0 Å². The number of hydrogen-bond acceptors (Lipinski definition) is 6. The van der Waals surface area contributed by atoms with Gasteiger partial charge in [0.05, 0.1) is 11.2 Å². The Bertz CT molecular complexity index is 161. The first-order chi connectivity index (χ1) is 6.66. The molecule has 0 aliphatic carbocycles. The van der Waals surface area contributed by atoms with E-state index >= 15 is 0 Å². The molecule has 1 aliphatic heterocycles. The average Bonchev–Trinajstić information content (AvgIpc) is 2.27. The van der Waals surface area contributed by atoms with Gasteiger partial charge >= 0.3 is 0 Å². The lowest BCUT2D eigenvalue weighted by atomic mass is 10.1. The predicted octanol–water partition coefficient (Wildman–Crippen LogP) is -0.742. The van der Waals surface area contributed by atoms with Crippen LogP contribution >= 0.6 is 23.5 Å². The summed E-state index contributed by atoms with van der Waals surface area (Å²) in [5.74, 6) is 1.94. The van der Waals surface area contributed by atoms with Crippen molar-refractivity contribution in [2.24, 2.45) is 0 Å². The van der Waals surface area contributed by atoms with Crippen LogP contribution in [0.3, 0.4) is 0 Å². The summed E-state index contributed by atoms with van der Waals surface area (Å²) in [5.41, 5.74) is 0. The van der Waals surface area contributed by atoms with Gasteiger partial charge in [-0.15, -0.1) is 23.5 Å². The second-order valence-electron chi connectivity index (χ2n) is 3.19. The zero-order valence-corrected chi connectivity index (χ0v) is 9.38. The van der Waals surface area contributed by atoms with Gasteiger partial charge in [-0.2, -0.15) is 0 Å². The molecule has 1 heterocycles. The highest BCUT2D eigenvalue weighted by atomic mass is 32.2. The summed E-state index contributed by atoms with van der Waals surface area (Å²) in [7, 11) is 0. The van der Waals surface area contributed by atoms with E-state index in [0.29, 0.717) is 0 Å². The number of aliphatic hydroxyl groups is 4. The zero-order chi connectivity index (χ0) is 10.6. The Morgan fingerprint density at radius 1 is 1.14 bits per heavy atom. The van der Waals surface area contributed by atoms with E-state index in [1.807, 2.05) is 0 Å². The number of rotatable bonds is 4. The van der Waals surface area contributed by atoms with Crippen molar-refractivity contribution >= 4 is 23.5 Å². The fourth-order valence-electron chi connectivity index (χ4n) is 1.20. The Morgan fingerprint density at radius 3 is 2.21 bits per heavy atom. The third-order valence-corrected chi connectivity index (χ3v) is 5.14. The van der Waals surface area contributed by atoms with Crippen molar-refractivity contribution in [3.8, 4) is 0 Å². The lowest BCUT2D eigenvalue weighted by Gasteiger charge is -2.30. The molecule has 0 aromatic carbocycles. The van der Waals surface area contributed by atoms with Crippen molar-refractivity contribution in [3.05, 3.63) is 0 Å². The largest absolute Gasteiger partial charge is 0.394 e. The molecule has 0 radical (unpaired) electrons. The fourth-order valence-corrected chi connectivity index (χ4v) is 4.15. The predicted molar refractivity (Wildman–Crippen MR) is 58.4 cm³/mol. The standard InChI is InChI=1S/C8H16O4S2/c9-4-5(10)6(11)7(12)8-13-2-1-3-14-8/h5-12H,1-4H2/t5-,6+,7+/m1/s1. The van der Waals surface area contributed by atoms with E-state index in [4.69, 9.17) is 10.2 Å². The van der Waals surface area contributed by atoms with Crippen molar-refractivity contribution in [2.75, 3.05) is 18.1 Å². The quantitative estimate of drug-likeness (QED) is 0.518. The highest BCUT2D eigenvalue weighted by molar-refractivity contribution is 8.17. The van der Waals surface area contributed by atoms with Gasteiger partial charge in [0.2, 0.25) is 0 Å². The molecule has 0 bridgehead atoms. The van der Waals surface area contributed by atoms with Crippen LogP contribution in [-0.4, -0.2) is 61.4 Å². The Labute approximate surface area is 91.7 Å².